The molecule has 0 unspecified atom stereocenters. The maximum absolute atomic E-state index is 10.9. The molecule has 1 rings (SSSR count). The van der Waals surface area contributed by atoms with Crippen molar-refractivity contribution in [2.45, 2.75) is 38.7 Å². The summed E-state index contributed by atoms with van der Waals surface area (Å²) in [6.07, 6.45) is 7.41. The van der Waals surface area contributed by atoms with Crippen LogP contribution in [0.2, 0.25) is 0 Å². The molecule has 0 spiro atoms. The van der Waals surface area contributed by atoms with Gasteiger partial charge in [0.05, 0.1) is 6.10 Å². The van der Waals surface area contributed by atoms with Crippen molar-refractivity contribution in [3.63, 3.8) is 0 Å². The Bertz CT molecular complexity index is 173. The molecule has 0 aromatic carbocycles. The van der Waals surface area contributed by atoms with E-state index in [0.29, 0.717) is 6.42 Å². The van der Waals surface area contributed by atoms with Gasteiger partial charge in [0.2, 0.25) is 0 Å². The minimum atomic E-state index is 0.147. The van der Waals surface area contributed by atoms with Gasteiger partial charge in [-0.2, -0.15) is 0 Å². The predicted molar refractivity (Wildman–Crippen MR) is 48.0 cm³/mol. The molecule has 1 aliphatic carbocycles. The van der Waals surface area contributed by atoms with Gasteiger partial charge in [-0.3, -0.25) is 4.79 Å². The lowest BCUT2D eigenvalue weighted by atomic mass is 10.0. The van der Waals surface area contributed by atoms with E-state index < -0.39 is 0 Å². The first-order chi connectivity index (χ1) is 5.83. The Labute approximate surface area is 73.6 Å². The molecule has 0 radical (unpaired) electrons. The molecule has 0 fully saturated rings. The Morgan fingerprint density at radius 3 is 3.17 bits per heavy atom. The standard InChI is InChI=1S/C10H16O2/c1-2-3-7-12-10-6-4-5-9(11)8-10/h4-5,10H,2-3,6-8H2,1H3/t10-/m0/s1. The van der Waals surface area contributed by atoms with Crippen LogP contribution in [0, 0.1) is 0 Å². The van der Waals surface area contributed by atoms with Crippen molar-refractivity contribution in [1.82, 2.24) is 0 Å². The van der Waals surface area contributed by atoms with Crippen LogP contribution in [-0.4, -0.2) is 18.5 Å². The first-order valence-electron chi connectivity index (χ1n) is 4.64. The number of allylic oxidation sites excluding steroid dienone is 1. The zero-order valence-electron chi connectivity index (χ0n) is 7.58. The molecule has 0 saturated heterocycles. The summed E-state index contributed by atoms with van der Waals surface area (Å²) in [6, 6.07) is 0. The molecular weight excluding hydrogens is 152 g/mol. The fourth-order valence-corrected chi connectivity index (χ4v) is 1.25. The van der Waals surface area contributed by atoms with Gasteiger partial charge in [0.1, 0.15) is 0 Å². The van der Waals surface area contributed by atoms with Crippen LogP contribution in [-0.2, 0) is 9.53 Å². The van der Waals surface area contributed by atoms with E-state index in [0.717, 1.165) is 25.9 Å². The van der Waals surface area contributed by atoms with E-state index in [1.807, 2.05) is 6.08 Å². The Hall–Kier alpha value is -0.630. The van der Waals surface area contributed by atoms with Gasteiger partial charge in [0.25, 0.3) is 0 Å². The van der Waals surface area contributed by atoms with Crippen LogP contribution in [0.25, 0.3) is 0 Å². The van der Waals surface area contributed by atoms with E-state index in [2.05, 4.69) is 6.92 Å². The van der Waals surface area contributed by atoms with Crippen LogP contribution >= 0.6 is 0 Å². The topological polar surface area (TPSA) is 26.3 Å². The molecule has 0 aromatic rings. The molecule has 2 nitrogen and oxygen atoms in total. The van der Waals surface area contributed by atoms with E-state index in [1.54, 1.807) is 6.08 Å². The zero-order chi connectivity index (χ0) is 8.81. The number of hydrogen-bond acceptors (Lipinski definition) is 2. The number of hydrogen-bond donors (Lipinski definition) is 0. The average Bonchev–Trinajstić information content (AvgIpc) is 2.05. The molecule has 0 N–H and O–H groups in total. The van der Waals surface area contributed by atoms with Crippen molar-refractivity contribution in [3.8, 4) is 0 Å². The van der Waals surface area contributed by atoms with Crippen LogP contribution in [0.5, 0.6) is 0 Å². The van der Waals surface area contributed by atoms with Gasteiger partial charge in [0, 0.05) is 13.0 Å². The molecule has 2 heteroatoms. The number of ketones is 1. The van der Waals surface area contributed by atoms with Crippen LogP contribution in [0.3, 0.4) is 0 Å². The summed E-state index contributed by atoms with van der Waals surface area (Å²) in [6.45, 7) is 2.93. The third-order valence-corrected chi connectivity index (χ3v) is 1.98. The van der Waals surface area contributed by atoms with Crippen LogP contribution in [0.1, 0.15) is 32.6 Å². The van der Waals surface area contributed by atoms with Crippen molar-refractivity contribution < 1.29 is 9.53 Å². The lowest BCUT2D eigenvalue weighted by Crippen LogP contribution is -2.19. The highest BCUT2D eigenvalue weighted by Crippen LogP contribution is 2.12. The Balaban J connectivity index is 2.16. The second-order valence-corrected chi connectivity index (χ2v) is 3.15. The van der Waals surface area contributed by atoms with E-state index in [1.165, 1.54) is 0 Å². The van der Waals surface area contributed by atoms with Gasteiger partial charge in [-0.1, -0.05) is 19.4 Å². The van der Waals surface area contributed by atoms with Gasteiger partial charge < -0.3 is 4.74 Å². The van der Waals surface area contributed by atoms with Crippen molar-refractivity contribution in [2.24, 2.45) is 0 Å². The molecule has 68 valence electrons. The summed E-state index contributed by atoms with van der Waals surface area (Å²) in [5, 5.41) is 0. The highest BCUT2D eigenvalue weighted by molar-refractivity contribution is 5.90. The van der Waals surface area contributed by atoms with Gasteiger partial charge in [0.15, 0.2) is 5.78 Å². The third-order valence-electron chi connectivity index (χ3n) is 1.98. The van der Waals surface area contributed by atoms with Crippen molar-refractivity contribution in [2.75, 3.05) is 6.61 Å². The second kappa shape index (κ2) is 5.09. The monoisotopic (exact) mass is 168 g/mol. The quantitative estimate of drug-likeness (QED) is 0.601. The SMILES string of the molecule is CCCCO[C@H]1CC=CC(=O)C1. The summed E-state index contributed by atoms with van der Waals surface area (Å²) < 4.78 is 5.52. The summed E-state index contributed by atoms with van der Waals surface area (Å²) >= 11 is 0. The molecule has 1 atom stereocenters. The maximum Gasteiger partial charge on any atom is 0.157 e. The summed E-state index contributed by atoms with van der Waals surface area (Å²) in [7, 11) is 0. The summed E-state index contributed by atoms with van der Waals surface area (Å²) in [5.41, 5.74) is 0. The molecule has 0 aromatic heterocycles. The number of carbonyl (C=O) groups excluding carboxylic acids is 1. The van der Waals surface area contributed by atoms with Crippen molar-refractivity contribution in [1.29, 1.82) is 0 Å². The lowest BCUT2D eigenvalue weighted by molar-refractivity contribution is -0.118. The van der Waals surface area contributed by atoms with Crippen LogP contribution in [0.4, 0.5) is 0 Å². The Morgan fingerprint density at radius 2 is 2.50 bits per heavy atom. The molecular formula is C10H16O2. The normalized spacial score (nSPS) is 23.1. The van der Waals surface area contributed by atoms with Crippen LogP contribution < -0.4 is 0 Å². The van der Waals surface area contributed by atoms with E-state index in [-0.39, 0.29) is 11.9 Å². The molecule has 0 bridgehead atoms. The number of carbonyl (C=O) groups is 1. The predicted octanol–water partition coefficient (Wildman–Crippen LogP) is 2.09. The Morgan fingerprint density at radius 1 is 1.67 bits per heavy atom. The largest absolute Gasteiger partial charge is 0.377 e. The minimum absolute atomic E-state index is 0.147. The average molecular weight is 168 g/mol. The lowest BCUT2D eigenvalue weighted by Gasteiger charge is -2.17. The summed E-state index contributed by atoms with van der Waals surface area (Å²) in [5.74, 6) is 0.197. The first-order valence-corrected chi connectivity index (χ1v) is 4.64. The molecule has 0 saturated carbocycles. The van der Waals surface area contributed by atoms with Crippen LogP contribution in [0.15, 0.2) is 12.2 Å². The van der Waals surface area contributed by atoms with Crippen molar-refractivity contribution >= 4 is 5.78 Å². The number of ether oxygens (including phenoxy) is 1. The highest BCUT2D eigenvalue weighted by Gasteiger charge is 2.14. The fraction of sp³-hybridized carbons (Fsp3) is 0.700. The maximum atomic E-state index is 10.9. The molecule has 0 heterocycles. The summed E-state index contributed by atoms with van der Waals surface area (Å²) in [4.78, 5) is 10.9. The smallest absolute Gasteiger partial charge is 0.157 e. The molecule has 0 aliphatic heterocycles. The van der Waals surface area contributed by atoms with Gasteiger partial charge in [-0.25, -0.2) is 0 Å². The van der Waals surface area contributed by atoms with Gasteiger partial charge in [-0.05, 0) is 18.9 Å². The number of rotatable bonds is 4. The van der Waals surface area contributed by atoms with E-state index in [9.17, 15) is 4.79 Å². The van der Waals surface area contributed by atoms with Gasteiger partial charge in [-0.15, -0.1) is 0 Å². The zero-order valence-corrected chi connectivity index (χ0v) is 7.58. The first kappa shape index (κ1) is 9.46. The molecule has 1 aliphatic rings. The third kappa shape index (κ3) is 3.18. The Kier molecular flexibility index (Phi) is 4.01. The number of unbranched alkanes of at least 4 members (excludes halogenated alkanes) is 1. The fourth-order valence-electron chi connectivity index (χ4n) is 1.25. The molecule has 0 amide bonds. The minimum Gasteiger partial charge on any atom is -0.377 e. The van der Waals surface area contributed by atoms with E-state index >= 15 is 0 Å². The second-order valence-electron chi connectivity index (χ2n) is 3.15. The van der Waals surface area contributed by atoms with Crippen molar-refractivity contribution in [3.05, 3.63) is 12.2 Å². The van der Waals surface area contributed by atoms with Gasteiger partial charge >= 0.3 is 0 Å². The highest BCUT2D eigenvalue weighted by atomic mass is 16.5. The molecule has 12 heavy (non-hydrogen) atoms. The van der Waals surface area contributed by atoms with E-state index in [4.69, 9.17) is 4.74 Å².